The molecular formula is C30H34N8O2. The quantitative estimate of drug-likeness (QED) is 0.344. The Bertz CT molecular complexity index is 1480. The van der Waals surface area contributed by atoms with Gasteiger partial charge in [0.05, 0.1) is 11.4 Å². The minimum Gasteiger partial charge on any atom is -0.457 e. The van der Waals surface area contributed by atoms with E-state index in [1.165, 1.54) is 6.33 Å². The molecule has 0 aliphatic carbocycles. The molecule has 4 aromatic rings. The summed E-state index contributed by atoms with van der Waals surface area (Å²) in [6.45, 7) is 6.10. The Morgan fingerprint density at radius 3 is 2.60 bits per heavy atom. The zero-order chi connectivity index (χ0) is 27.3. The van der Waals surface area contributed by atoms with Gasteiger partial charge < -0.3 is 20.7 Å². The largest absolute Gasteiger partial charge is 0.457 e. The minimum absolute atomic E-state index is 0.00879. The number of nitrogens with zero attached hydrogens (tertiary/aromatic N) is 6. The van der Waals surface area contributed by atoms with Crippen molar-refractivity contribution in [2.75, 3.05) is 51.5 Å². The number of likely N-dealkylation sites (tertiary alicyclic amines) is 1. The lowest BCUT2D eigenvalue weighted by atomic mass is 10.1. The van der Waals surface area contributed by atoms with Crippen LogP contribution in [0.25, 0.3) is 22.3 Å². The van der Waals surface area contributed by atoms with E-state index < -0.39 is 0 Å². The molecular weight excluding hydrogens is 504 g/mol. The minimum atomic E-state index is -0.00879. The van der Waals surface area contributed by atoms with Gasteiger partial charge >= 0.3 is 0 Å². The number of carbonyl (C=O) groups excluding carboxylic acids is 1. The van der Waals surface area contributed by atoms with Crippen LogP contribution in [0.15, 0.2) is 73.1 Å². The molecule has 0 bridgehead atoms. The van der Waals surface area contributed by atoms with Crippen LogP contribution >= 0.6 is 0 Å². The van der Waals surface area contributed by atoms with Crippen molar-refractivity contribution in [3.63, 3.8) is 0 Å². The van der Waals surface area contributed by atoms with Gasteiger partial charge in [0.2, 0.25) is 5.91 Å². The number of piperidine rings is 1. The molecule has 4 heterocycles. The molecule has 206 valence electrons. The molecule has 1 unspecified atom stereocenters. The molecule has 0 saturated carbocycles. The number of para-hydroxylation sites is 1. The summed E-state index contributed by atoms with van der Waals surface area (Å²) < 4.78 is 7.89. The molecule has 0 radical (unpaired) electrons. The lowest BCUT2D eigenvalue weighted by Gasteiger charge is -2.32. The second-order valence-electron chi connectivity index (χ2n) is 10.2. The molecule has 2 aromatic carbocycles. The maximum Gasteiger partial charge on any atom is 0.246 e. The number of hydrogen-bond donors (Lipinski definition) is 2. The Morgan fingerprint density at radius 1 is 1.02 bits per heavy atom. The number of piperazine rings is 1. The number of nitrogen functional groups attached to an aromatic ring is 1. The van der Waals surface area contributed by atoms with Crippen molar-refractivity contribution in [2.45, 2.75) is 18.9 Å². The first-order valence-electron chi connectivity index (χ1n) is 13.9. The number of amides is 1. The first-order valence-corrected chi connectivity index (χ1v) is 13.9. The number of nitrogens with two attached hydrogens (primary N) is 1. The third-order valence-electron chi connectivity index (χ3n) is 7.51. The van der Waals surface area contributed by atoms with Crippen LogP contribution in [0.3, 0.4) is 0 Å². The van der Waals surface area contributed by atoms with Gasteiger partial charge in [-0.15, -0.1) is 0 Å². The molecule has 6 rings (SSSR count). The topological polar surface area (TPSA) is 114 Å². The van der Waals surface area contributed by atoms with Crippen molar-refractivity contribution in [1.82, 2.24) is 34.9 Å². The fourth-order valence-corrected chi connectivity index (χ4v) is 5.41. The highest BCUT2D eigenvalue weighted by Crippen LogP contribution is 2.34. The van der Waals surface area contributed by atoms with Crippen molar-refractivity contribution in [2.24, 2.45) is 0 Å². The van der Waals surface area contributed by atoms with E-state index in [4.69, 9.17) is 15.6 Å². The maximum absolute atomic E-state index is 13.0. The first-order chi connectivity index (χ1) is 19.7. The summed E-state index contributed by atoms with van der Waals surface area (Å²) in [5.74, 6) is 1.93. The van der Waals surface area contributed by atoms with E-state index in [-0.39, 0.29) is 11.9 Å². The Balaban J connectivity index is 1.21. The molecule has 10 nitrogen and oxygen atoms in total. The number of carbonyl (C=O) groups is 1. The average molecular weight is 539 g/mol. The highest BCUT2D eigenvalue weighted by molar-refractivity contribution is 5.98. The predicted molar refractivity (Wildman–Crippen MR) is 155 cm³/mol. The average Bonchev–Trinajstić information content (AvgIpc) is 3.40. The fraction of sp³-hybridized carbons (Fsp3) is 0.333. The van der Waals surface area contributed by atoms with E-state index in [0.29, 0.717) is 18.0 Å². The predicted octanol–water partition coefficient (Wildman–Crippen LogP) is 3.49. The summed E-state index contributed by atoms with van der Waals surface area (Å²) in [6, 6.07) is 17.4. The number of hydrogen-bond acceptors (Lipinski definition) is 8. The Hall–Kier alpha value is -4.28. The summed E-state index contributed by atoms with van der Waals surface area (Å²) in [4.78, 5) is 26.1. The van der Waals surface area contributed by atoms with Crippen LogP contribution in [0.5, 0.6) is 11.5 Å². The fourth-order valence-electron chi connectivity index (χ4n) is 5.41. The number of aromatic nitrogens is 4. The third-order valence-corrected chi connectivity index (χ3v) is 7.51. The third kappa shape index (κ3) is 5.68. The number of ether oxygens (including phenoxy) is 1. The monoisotopic (exact) mass is 538 g/mol. The highest BCUT2D eigenvalue weighted by atomic mass is 16.5. The van der Waals surface area contributed by atoms with E-state index in [0.717, 1.165) is 80.3 Å². The highest BCUT2D eigenvalue weighted by Gasteiger charge is 2.28. The molecule has 40 heavy (non-hydrogen) atoms. The number of fused-ring (bicyclic) bond motifs is 1. The van der Waals surface area contributed by atoms with Gasteiger partial charge in [-0.2, -0.15) is 5.10 Å². The van der Waals surface area contributed by atoms with Gasteiger partial charge in [0.25, 0.3) is 0 Å². The van der Waals surface area contributed by atoms with Crippen LogP contribution in [0.4, 0.5) is 5.82 Å². The second kappa shape index (κ2) is 11.8. The number of benzene rings is 2. The van der Waals surface area contributed by atoms with E-state index in [1.807, 2.05) is 70.3 Å². The molecule has 2 aliphatic heterocycles. The van der Waals surface area contributed by atoms with Crippen LogP contribution in [-0.2, 0) is 4.79 Å². The number of rotatable bonds is 7. The summed E-state index contributed by atoms with van der Waals surface area (Å²) in [5.41, 5.74) is 8.65. The van der Waals surface area contributed by atoms with E-state index >= 15 is 0 Å². The second-order valence-corrected chi connectivity index (χ2v) is 10.2. The molecule has 2 aromatic heterocycles. The first kappa shape index (κ1) is 26.0. The molecule has 0 spiro atoms. The standard InChI is InChI=1S/C30H34N8O2/c31-29-27-28(22-10-12-25(13-11-22)40-24-7-2-1-3-8-24)35-38(30(27)34-21-33-29)23-6-4-17-37(20-23)26(39)9-5-16-36-18-14-32-15-19-36/h1-3,5,7-13,21,23,32H,4,6,14-20H2,(H2,31,33,34)/b9-5+. The number of nitrogens with one attached hydrogen (secondary N) is 1. The van der Waals surface area contributed by atoms with Crippen molar-refractivity contribution in [3.05, 3.63) is 73.1 Å². The van der Waals surface area contributed by atoms with Gasteiger partial charge in [-0.25, -0.2) is 14.6 Å². The lowest BCUT2D eigenvalue weighted by Crippen LogP contribution is -2.43. The summed E-state index contributed by atoms with van der Waals surface area (Å²) in [6.07, 6.45) is 6.97. The number of anilines is 1. The SMILES string of the molecule is Nc1ncnc2c1c(-c1ccc(Oc3ccccc3)cc1)nn2C1CCCN(C(=O)/C=C/CN2CCNCC2)C1. The molecule has 2 fully saturated rings. The zero-order valence-electron chi connectivity index (χ0n) is 22.4. The van der Waals surface area contributed by atoms with Crippen molar-refractivity contribution < 1.29 is 9.53 Å². The molecule has 1 amide bonds. The molecule has 2 aliphatic rings. The smallest absolute Gasteiger partial charge is 0.246 e. The Morgan fingerprint density at radius 2 is 1.80 bits per heavy atom. The van der Waals surface area contributed by atoms with E-state index in [2.05, 4.69) is 20.2 Å². The van der Waals surface area contributed by atoms with Crippen molar-refractivity contribution >= 4 is 22.8 Å². The van der Waals surface area contributed by atoms with Crippen LogP contribution in [0, 0.1) is 0 Å². The van der Waals surface area contributed by atoms with Crippen LogP contribution in [0.2, 0.25) is 0 Å². The maximum atomic E-state index is 13.0. The lowest BCUT2D eigenvalue weighted by molar-refractivity contribution is -0.127. The molecule has 1 atom stereocenters. The Labute approximate surface area is 233 Å². The van der Waals surface area contributed by atoms with Gasteiger partial charge in [-0.1, -0.05) is 24.3 Å². The zero-order valence-corrected chi connectivity index (χ0v) is 22.4. The summed E-state index contributed by atoms with van der Waals surface area (Å²) >= 11 is 0. The normalized spacial score (nSPS) is 18.4. The van der Waals surface area contributed by atoms with E-state index in [9.17, 15) is 4.79 Å². The Kier molecular flexibility index (Phi) is 7.69. The molecule has 10 heteroatoms. The summed E-state index contributed by atoms with van der Waals surface area (Å²) in [5, 5.41) is 9.07. The van der Waals surface area contributed by atoms with Crippen molar-refractivity contribution in [3.8, 4) is 22.8 Å². The van der Waals surface area contributed by atoms with Gasteiger partial charge in [0, 0.05) is 57.5 Å². The van der Waals surface area contributed by atoms with Gasteiger partial charge in [0.15, 0.2) is 5.65 Å². The van der Waals surface area contributed by atoms with Gasteiger partial charge in [-0.05, 0) is 49.2 Å². The van der Waals surface area contributed by atoms with Crippen LogP contribution in [-0.4, -0.2) is 81.3 Å². The van der Waals surface area contributed by atoms with Crippen molar-refractivity contribution in [1.29, 1.82) is 0 Å². The van der Waals surface area contributed by atoms with Crippen LogP contribution in [0.1, 0.15) is 18.9 Å². The van der Waals surface area contributed by atoms with Gasteiger partial charge in [0.1, 0.15) is 29.3 Å². The summed E-state index contributed by atoms with van der Waals surface area (Å²) in [7, 11) is 0. The van der Waals surface area contributed by atoms with E-state index in [1.54, 1.807) is 6.08 Å². The molecule has 2 saturated heterocycles. The van der Waals surface area contributed by atoms with Crippen LogP contribution < -0.4 is 15.8 Å². The molecule has 3 N–H and O–H groups in total. The van der Waals surface area contributed by atoms with Gasteiger partial charge in [-0.3, -0.25) is 9.69 Å².